The van der Waals surface area contributed by atoms with E-state index in [0.717, 1.165) is 16.5 Å². The van der Waals surface area contributed by atoms with Gasteiger partial charge in [-0.05, 0) is 37.3 Å². The number of hydrogen-bond donors (Lipinski definition) is 1. The molecule has 1 aromatic heterocycles. The maximum Gasteiger partial charge on any atom is 0.189 e. The molecule has 3 nitrogen and oxygen atoms in total. The summed E-state index contributed by atoms with van der Waals surface area (Å²) >= 11 is 0. The van der Waals surface area contributed by atoms with Crippen LogP contribution in [-0.4, -0.2) is 10.9 Å². The van der Waals surface area contributed by atoms with Crippen LogP contribution >= 0.6 is 0 Å². The van der Waals surface area contributed by atoms with Gasteiger partial charge in [-0.1, -0.05) is 30.3 Å². The van der Waals surface area contributed by atoms with Crippen molar-refractivity contribution in [2.45, 2.75) is 6.92 Å². The Morgan fingerprint density at radius 3 is 2.57 bits per heavy atom. The Labute approximate surface area is 122 Å². The molecule has 0 aliphatic heterocycles. The number of rotatable bonds is 3. The third kappa shape index (κ3) is 2.46. The maximum atomic E-state index is 12.1. The lowest BCUT2D eigenvalue weighted by Gasteiger charge is -1.98. The number of benzene rings is 2. The van der Waals surface area contributed by atoms with E-state index in [4.69, 9.17) is 4.42 Å². The molecule has 1 N–H and O–H groups in total. The number of allylic oxidation sites excluding steroid dienone is 1. The van der Waals surface area contributed by atoms with Gasteiger partial charge in [-0.25, -0.2) is 0 Å². The number of hydrogen-bond acceptors (Lipinski definition) is 3. The number of para-hydroxylation sites is 2. The minimum Gasteiger partial charge on any atom is -0.507 e. The SMILES string of the molecule is Cc1c(/C=C/C(=O)c2ccccc2O)oc2ccccc12. The number of carbonyl (C=O) groups is 1. The van der Waals surface area contributed by atoms with E-state index in [2.05, 4.69) is 0 Å². The van der Waals surface area contributed by atoms with Gasteiger partial charge in [0.1, 0.15) is 17.1 Å². The number of fused-ring (bicyclic) bond motifs is 1. The summed E-state index contributed by atoms with van der Waals surface area (Å²) in [5, 5.41) is 10.7. The molecule has 0 unspecified atom stereocenters. The van der Waals surface area contributed by atoms with Crippen LogP contribution in [0.2, 0.25) is 0 Å². The first-order valence-electron chi connectivity index (χ1n) is 6.65. The first-order chi connectivity index (χ1) is 10.2. The molecule has 3 aromatic rings. The second-order valence-corrected chi connectivity index (χ2v) is 4.80. The molecular formula is C18H14O3. The van der Waals surface area contributed by atoms with Gasteiger partial charge in [-0.3, -0.25) is 4.79 Å². The number of furan rings is 1. The molecule has 2 aromatic carbocycles. The minimum absolute atomic E-state index is 0.0199. The normalized spacial score (nSPS) is 11.3. The fourth-order valence-corrected chi connectivity index (χ4v) is 2.28. The molecule has 0 aliphatic carbocycles. The standard InChI is InChI=1S/C18H14O3/c1-12-13-6-3-5-9-18(13)21-17(12)11-10-16(20)14-7-2-4-8-15(14)19/h2-11,19H,1H3/b11-10+. The van der Waals surface area contributed by atoms with Crippen molar-refractivity contribution in [2.75, 3.05) is 0 Å². The smallest absolute Gasteiger partial charge is 0.189 e. The van der Waals surface area contributed by atoms with Gasteiger partial charge < -0.3 is 9.52 Å². The number of ketones is 1. The van der Waals surface area contributed by atoms with Gasteiger partial charge in [0.15, 0.2) is 5.78 Å². The Bertz CT molecular complexity index is 841. The summed E-state index contributed by atoms with van der Waals surface area (Å²) in [5.74, 6) is 0.376. The van der Waals surface area contributed by atoms with E-state index < -0.39 is 0 Å². The summed E-state index contributed by atoms with van der Waals surface area (Å²) in [5.41, 5.74) is 2.07. The molecule has 0 spiro atoms. The van der Waals surface area contributed by atoms with Crippen molar-refractivity contribution in [3.05, 3.63) is 71.5 Å². The van der Waals surface area contributed by atoms with Crippen LogP contribution < -0.4 is 0 Å². The predicted octanol–water partition coefficient (Wildman–Crippen LogP) is 4.34. The second-order valence-electron chi connectivity index (χ2n) is 4.80. The van der Waals surface area contributed by atoms with Gasteiger partial charge in [-0.2, -0.15) is 0 Å². The molecule has 21 heavy (non-hydrogen) atoms. The van der Waals surface area contributed by atoms with Crippen molar-refractivity contribution in [1.82, 2.24) is 0 Å². The third-order valence-electron chi connectivity index (χ3n) is 3.44. The first-order valence-corrected chi connectivity index (χ1v) is 6.65. The van der Waals surface area contributed by atoms with E-state index in [0.29, 0.717) is 5.76 Å². The Morgan fingerprint density at radius 2 is 1.81 bits per heavy atom. The topological polar surface area (TPSA) is 50.4 Å². The Balaban J connectivity index is 1.93. The summed E-state index contributed by atoms with van der Waals surface area (Å²) in [6, 6.07) is 14.2. The van der Waals surface area contributed by atoms with Gasteiger partial charge in [-0.15, -0.1) is 0 Å². The number of carbonyl (C=O) groups excluding carboxylic acids is 1. The van der Waals surface area contributed by atoms with E-state index in [1.807, 2.05) is 31.2 Å². The van der Waals surface area contributed by atoms with Crippen molar-refractivity contribution in [2.24, 2.45) is 0 Å². The monoisotopic (exact) mass is 278 g/mol. The quantitative estimate of drug-likeness (QED) is 0.572. The number of phenols is 1. The van der Waals surface area contributed by atoms with Crippen LogP contribution in [0.15, 0.2) is 59.0 Å². The zero-order valence-corrected chi connectivity index (χ0v) is 11.5. The van der Waals surface area contributed by atoms with Crippen molar-refractivity contribution in [3.8, 4) is 5.75 Å². The van der Waals surface area contributed by atoms with Crippen molar-refractivity contribution in [3.63, 3.8) is 0 Å². The van der Waals surface area contributed by atoms with Gasteiger partial charge in [0.2, 0.25) is 0 Å². The molecule has 1 heterocycles. The lowest BCUT2D eigenvalue weighted by Crippen LogP contribution is -1.94. The molecule has 0 amide bonds. The van der Waals surface area contributed by atoms with Crippen LogP contribution in [0, 0.1) is 6.92 Å². The molecule has 0 bridgehead atoms. The Kier molecular flexibility index (Phi) is 3.32. The fourth-order valence-electron chi connectivity index (χ4n) is 2.28. The number of aromatic hydroxyl groups is 1. The number of aryl methyl sites for hydroxylation is 1. The Morgan fingerprint density at radius 1 is 1.10 bits per heavy atom. The summed E-state index contributed by atoms with van der Waals surface area (Å²) in [4.78, 5) is 12.1. The van der Waals surface area contributed by atoms with Crippen molar-refractivity contribution in [1.29, 1.82) is 0 Å². The highest BCUT2D eigenvalue weighted by Gasteiger charge is 2.09. The van der Waals surface area contributed by atoms with E-state index in [9.17, 15) is 9.90 Å². The van der Waals surface area contributed by atoms with E-state index in [-0.39, 0.29) is 17.1 Å². The van der Waals surface area contributed by atoms with Crippen molar-refractivity contribution < 1.29 is 14.3 Å². The second kappa shape index (κ2) is 5.29. The van der Waals surface area contributed by atoms with Crippen LogP contribution in [-0.2, 0) is 0 Å². The molecule has 3 rings (SSSR count). The molecular weight excluding hydrogens is 264 g/mol. The van der Waals surface area contributed by atoms with Crippen molar-refractivity contribution >= 4 is 22.8 Å². The minimum atomic E-state index is -0.257. The first kappa shape index (κ1) is 13.2. The van der Waals surface area contributed by atoms with Crippen LogP contribution in [0.3, 0.4) is 0 Å². The van der Waals surface area contributed by atoms with Crippen LogP contribution in [0.4, 0.5) is 0 Å². The van der Waals surface area contributed by atoms with Gasteiger partial charge in [0.05, 0.1) is 5.56 Å². The molecule has 0 radical (unpaired) electrons. The van der Waals surface area contributed by atoms with E-state index in [1.165, 1.54) is 12.1 Å². The van der Waals surface area contributed by atoms with E-state index in [1.54, 1.807) is 24.3 Å². The van der Waals surface area contributed by atoms with Gasteiger partial charge in [0.25, 0.3) is 0 Å². The summed E-state index contributed by atoms with van der Waals surface area (Å²) in [7, 11) is 0. The average molecular weight is 278 g/mol. The summed E-state index contributed by atoms with van der Waals surface area (Å²) in [6.45, 7) is 1.95. The fraction of sp³-hybridized carbons (Fsp3) is 0.0556. The highest BCUT2D eigenvalue weighted by atomic mass is 16.3. The Hall–Kier alpha value is -2.81. The third-order valence-corrected chi connectivity index (χ3v) is 3.44. The van der Waals surface area contributed by atoms with Gasteiger partial charge in [0, 0.05) is 10.9 Å². The largest absolute Gasteiger partial charge is 0.507 e. The zero-order chi connectivity index (χ0) is 14.8. The molecule has 0 saturated heterocycles. The molecule has 3 heteroatoms. The lowest BCUT2D eigenvalue weighted by atomic mass is 10.1. The summed E-state index contributed by atoms with van der Waals surface area (Å²) in [6.07, 6.45) is 3.06. The van der Waals surface area contributed by atoms with Crippen LogP contribution in [0.25, 0.3) is 17.0 Å². The molecule has 0 atom stereocenters. The molecule has 0 fully saturated rings. The average Bonchev–Trinajstić information content (AvgIpc) is 2.82. The zero-order valence-electron chi connectivity index (χ0n) is 11.5. The summed E-state index contributed by atoms with van der Waals surface area (Å²) < 4.78 is 5.71. The van der Waals surface area contributed by atoms with E-state index >= 15 is 0 Å². The molecule has 104 valence electrons. The molecule has 0 saturated carbocycles. The number of phenolic OH excluding ortho intramolecular Hbond substituents is 1. The van der Waals surface area contributed by atoms with Crippen LogP contribution in [0.5, 0.6) is 5.75 Å². The maximum absolute atomic E-state index is 12.1. The van der Waals surface area contributed by atoms with Gasteiger partial charge >= 0.3 is 0 Å². The highest BCUT2D eigenvalue weighted by molar-refractivity contribution is 6.08. The molecule has 0 aliphatic rings. The van der Waals surface area contributed by atoms with Crippen LogP contribution in [0.1, 0.15) is 21.7 Å². The highest BCUT2D eigenvalue weighted by Crippen LogP contribution is 2.26. The lowest BCUT2D eigenvalue weighted by molar-refractivity contribution is 0.104. The predicted molar refractivity (Wildman–Crippen MR) is 82.4 cm³/mol.